The molecule has 0 atom stereocenters. The minimum Gasteiger partial charge on any atom is -0.378 e. The molecule has 6 nitrogen and oxygen atoms in total. The van der Waals surface area contributed by atoms with Gasteiger partial charge in [-0.3, -0.25) is 13.6 Å². The topological polar surface area (TPSA) is 58.6 Å². The summed E-state index contributed by atoms with van der Waals surface area (Å²) in [4.78, 5) is 24.1. The number of nitrogens with zero attached hydrogens (tertiary/aromatic N) is 4. The fourth-order valence-electron chi connectivity index (χ4n) is 3.29. The average molecular weight is 616 g/mol. The van der Waals surface area contributed by atoms with Gasteiger partial charge in [-0.05, 0) is 29.9 Å². The second kappa shape index (κ2) is 7.25. The zero-order chi connectivity index (χ0) is 18.1. The first kappa shape index (κ1) is 18.1. The van der Waals surface area contributed by atoms with Crippen molar-refractivity contribution in [1.29, 1.82) is 0 Å². The zero-order valence-electron chi connectivity index (χ0n) is 14.3. The first-order valence-corrected chi connectivity index (χ1v) is 8.43. The SMILES string of the molecule is O=C(c1cnc(N2CCc3ccccc32)nc1[C-](F)F)N1CCOCC1.[Fm]. The van der Waals surface area contributed by atoms with Crippen LogP contribution in [0.2, 0.25) is 0 Å². The summed E-state index contributed by atoms with van der Waals surface area (Å²) in [6.45, 7) is 2.14. The van der Waals surface area contributed by atoms with Crippen molar-refractivity contribution in [3.8, 4) is 0 Å². The van der Waals surface area contributed by atoms with E-state index in [-0.39, 0.29) is 11.5 Å². The molecule has 148 valence electrons. The molecule has 3 heterocycles. The molecule has 0 saturated carbocycles. The number of hydrogen-bond acceptors (Lipinski definition) is 5. The number of para-hydroxylation sites is 1. The van der Waals surface area contributed by atoms with E-state index in [0.717, 1.165) is 17.7 Å². The molecule has 1 amide bonds. The van der Waals surface area contributed by atoms with E-state index in [0.29, 0.717) is 32.8 Å². The van der Waals surface area contributed by atoms with Crippen LogP contribution in [0.1, 0.15) is 21.6 Å². The Balaban J connectivity index is 0.00000210. The number of fused-ring (bicyclic) bond motifs is 1. The number of morpholine rings is 1. The third kappa shape index (κ3) is 3.22. The van der Waals surface area contributed by atoms with Crippen molar-refractivity contribution in [2.24, 2.45) is 0 Å². The van der Waals surface area contributed by atoms with Crippen LogP contribution in [0, 0.1) is 6.43 Å². The number of ether oxygens (including phenoxy) is 1. The van der Waals surface area contributed by atoms with Crippen molar-refractivity contribution >= 4 is 17.5 Å². The Morgan fingerprint density at radius 2 is 1.89 bits per heavy atom. The van der Waals surface area contributed by atoms with Crippen LogP contribution in [0.3, 0.4) is 0 Å². The van der Waals surface area contributed by atoms with Crippen LogP contribution < -0.4 is 4.90 Å². The van der Waals surface area contributed by atoms with Gasteiger partial charge in [-0.15, -0.1) is 0 Å². The van der Waals surface area contributed by atoms with Gasteiger partial charge in [-0.2, -0.15) is 0 Å². The standard InChI is InChI=1S/C18H17F2N4O2.Fm/c19-16(20)15-13(17(25)23-7-9-26-10-8-23)11-21-18(22-15)24-6-5-12-3-1-2-4-14(12)24;/h1-4,11H,5-10H2;/q-1;. The minimum absolute atomic E-state index is 0. The maximum absolute atomic E-state index is 13.5. The summed E-state index contributed by atoms with van der Waals surface area (Å²) in [5, 5.41) is 0. The number of rotatable bonds is 3. The predicted molar refractivity (Wildman–Crippen MR) is 90.5 cm³/mol. The second-order valence-electron chi connectivity index (χ2n) is 6.13. The third-order valence-corrected chi connectivity index (χ3v) is 4.61. The first-order valence-electron chi connectivity index (χ1n) is 8.43. The molecule has 1 aromatic heterocycles. The van der Waals surface area contributed by atoms with Gasteiger partial charge in [0.1, 0.15) is 6.43 Å². The van der Waals surface area contributed by atoms with Crippen molar-refractivity contribution < 1.29 is 18.3 Å². The van der Waals surface area contributed by atoms with E-state index >= 15 is 0 Å². The summed E-state index contributed by atoms with van der Waals surface area (Å²) in [5.41, 5.74) is 1.25. The van der Waals surface area contributed by atoms with Crippen molar-refractivity contribution in [3.63, 3.8) is 0 Å². The van der Waals surface area contributed by atoms with Crippen molar-refractivity contribution in [3.05, 3.63) is 53.7 Å². The molecule has 0 N–H and O–H groups in total. The van der Waals surface area contributed by atoms with E-state index in [4.69, 9.17) is 4.74 Å². The molecule has 0 spiro atoms. The molecule has 2 aliphatic heterocycles. The molecule has 2 aliphatic rings. The fraction of sp³-hybridized carbons (Fsp3) is 0.333. The quantitative estimate of drug-likeness (QED) is 0.497. The first-order chi connectivity index (χ1) is 12.6. The Morgan fingerprint density at radius 1 is 1.15 bits per heavy atom. The normalized spacial score (nSPS) is 15.9. The molecule has 0 unspecified atom stereocenters. The smallest absolute Gasteiger partial charge is 0.226 e. The van der Waals surface area contributed by atoms with Crippen LogP contribution in [-0.4, -0.2) is 53.6 Å². The molecule has 1 aromatic carbocycles. The Labute approximate surface area is 149 Å². The van der Waals surface area contributed by atoms with Crippen molar-refractivity contribution in [2.45, 2.75) is 6.42 Å². The van der Waals surface area contributed by atoms with Crippen LogP contribution >= 0.6 is 0 Å². The molecule has 27 heavy (non-hydrogen) atoms. The van der Waals surface area contributed by atoms with Crippen LogP contribution in [0.5, 0.6) is 0 Å². The van der Waals surface area contributed by atoms with Crippen molar-refractivity contribution in [1.82, 2.24) is 14.9 Å². The van der Waals surface area contributed by atoms with Crippen LogP contribution in [-0.2, 0) is 11.2 Å². The Bertz CT molecular complexity index is 831. The van der Waals surface area contributed by atoms with E-state index in [1.165, 1.54) is 11.1 Å². The number of carbonyl (C=O) groups excluding carboxylic acids is 1. The number of aromatic nitrogens is 2. The maximum Gasteiger partial charge on any atom is 0.226 e. The van der Waals surface area contributed by atoms with Gasteiger partial charge in [0.05, 0.1) is 13.2 Å². The number of anilines is 2. The summed E-state index contributed by atoms with van der Waals surface area (Å²) in [5.74, 6) is -0.319. The molecule has 1 fully saturated rings. The number of hydrogen-bond donors (Lipinski definition) is 0. The molecular formula is C18H17F2FmN4O2-. The van der Waals surface area contributed by atoms with Gasteiger partial charge < -0.3 is 14.5 Å². The zero-order valence-corrected chi connectivity index (χ0v) is 16.7. The molecule has 0 bridgehead atoms. The molecule has 4 rings (SSSR count). The number of benzene rings is 1. The summed E-state index contributed by atoms with van der Waals surface area (Å²) < 4.78 is 32.3. The molecule has 1 saturated heterocycles. The monoisotopic (exact) mass is 616 g/mol. The third-order valence-electron chi connectivity index (χ3n) is 4.61. The van der Waals surface area contributed by atoms with Gasteiger partial charge in [0.2, 0.25) is 5.95 Å². The maximum atomic E-state index is 13.5. The van der Waals surface area contributed by atoms with Crippen LogP contribution in [0.4, 0.5) is 20.4 Å². The Morgan fingerprint density at radius 3 is 2.63 bits per heavy atom. The van der Waals surface area contributed by atoms with Gasteiger partial charge in [0, 0.05) is 25.3 Å². The summed E-state index contributed by atoms with van der Waals surface area (Å²) in [7, 11) is 0. The van der Waals surface area contributed by atoms with E-state index < -0.39 is 18.0 Å². The van der Waals surface area contributed by atoms with Crippen molar-refractivity contribution in [2.75, 3.05) is 37.7 Å². The van der Waals surface area contributed by atoms with Gasteiger partial charge in [-0.25, -0.2) is 9.97 Å². The van der Waals surface area contributed by atoms with Crippen LogP contribution in [0.15, 0.2) is 30.5 Å². The van der Waals surface area contributed by atoms with E-state index in [1.54, 1.807) is 4.90 Å². The van der Waals surface area contributed by atoms with E-state index in [1.807, 2.05) is 24.3 Å². The predicted octanol–water partition coefficient (Wildman–Crippen LogP) is 2.42. The molecular weight excluding hydrogens is 599 g/mol. The largest absolute Gasteiger partial charge is 0.378 e. The van der Waals surface area contributed by atoms with E-state index in [2.05, 4.69) is 9.97 Å². The van der Waals surface area contributed by atoms with Gasteiger partial charge >= 0.3 is 0 Å². The number of amides is 1. The number of halogens is 2. The Kier molecular flexibility index (Phi) is 4.85. The average Bonchev–Trinajstić information content (AvgIpc) is 3.12. The summed E-state index contributed by atoms with van der Waals surface area (Å²) in [6, 6.07) is 7.73. The van der Waals surface area contributed by atoms with E-state index in [9.17, 15) is 13.6 Å². The molecule has 0 aliphatic carbocycles. The molecule has 0 radical (unpaired) electrons. The molecule has 9 heteroatoms. The second-order valence-corrected chi connectivity index (χ2v) is 6.13. The Hall–Kier alpha value is -3.74. The van der Waals surface area contributed by atoms with Gasteiger partial charge in [0.25, 0.3) is 0 Å². The van der Waals surface area contributed by atoms with Crippen LogP contribution in [0.25, 0.3) is 0 Å². The fourth-order valence-corrected chi connectivity index (χ4v) is 3.29. The van der Waals surface area contributed by atoms with Gasteiger partial charge in [-0.1, -0.05) is 23.8 Å². The minimum atomic E-state index is -1.99. The number of carbonyl (C=O) groups is 1. The summed E-state index contributed by atoms with van der Waals surface area (Å²) >= 11 is 0. The molecule has 2 aromatic rings. The van der Waals surface area contributed by atoms with Gasteiger partial charge in [0.15, 0.2) is 5.91 Å². The summed E-state index contributed by atoms with van der Waals surface area (Å²) in [6.07, 6.45) is 0.0125.